The van der Waals surface area contributed by atoms with Crippen LogP contribution in [0, 0.1) is 5.92 Å². The molecule has 3 rings (SSSR count). The first-order valence-corrected chi connectivity index (χ1v) is 9.44. The number of ether oxygens (including phenoxy) is 1. The van der Waals surface area contributed by atoms with E-state index in [0.29, 0.717) is 19.2 Å². The highest BCUT2D eigenvalue weighted by Gasteiger charge is 2.29. The lowest BCUT2D eigenvalue weighted by molar-refractivity contribution is 0.0367. The van der Waals surface area contributed by atoms with Crippen LogP contribution in [0.15, 0.2) is 17.1 Å². The Kier molecular flexibility index (Phi) is 8.95. The fourth-order valence-electron chi connectivity index (χ4n) is 3.35. The zero-order valence-electron chi connectivity index (χ0n) is 15.3. The number of likely N-dealkylation sites (tertiary alicyclic amines) is 1. The molecular formula is C18H33IN4O2. The maximum Gasteiger partial charge on any atom is 0.194 e. The van der Waals surface area contributed by atoms with Gasteiger partial charge in [-0.3, -0.25) is 9.89 Å². The van der Waals surface area contributed by atoms with Gasteiger partial charge in [-0.15, -0.1) is 24.0 Å². The molecule has 2 aliphatic heterocycles. The van der Waals surface area contributed by atoms with E-state index in [1.807, 2.05) is 0 Å². The summed E-state index contributed by atoms with van der Waals surface area (Å²) in [7, 11) is 0. The topological polar surface area (TPSA) is 60.3 Å². The SMILES string of the molecule is CCNC(=NCC(O)COCC1CC1)N1CCC(N2CC=CC2)C1.I. The molecule has 2 heterocycles. The lowest BCUT2D eigenvalue weighted by Crippen LogP contribution is -2.43. The Morgan fingerprint density at radius 2 is 2.08 bits per heavy atom. The van der Waals surface area contributed by atoms with E-state index in [1.165, 1.54) is 19.3 Å². The second-order valence-electron chi connectivity index (χ2n) is 7.14. The average Bonchev–Trinajstić information content (AvgIpc) is 3.05. The third-order valence-electron chi connectivity index (χ3n) is 4.97. The second-order valence-corrected chi connectivity index (χ2v) is 7.14. The first-order valence-electron chi connectivity index (χ1n) is 9.44. The van der Waals surface area contributed by atoms with Crippen molar-refractivity contribution >= 4 is 29.9 Å². The predicted molar refractivity (Wildman–Crippen MR) is 112 cm³/mol. The Balaban J connectivity index is 0.00000225. The zero-order chi connectivity index (χ0) is 16.8. The Morgan fingerprint density at radius 3 is 2.76 bits per heavy atom. The van der Waals surface area contributed by atoms with Crippen LogP contribution in [-0.2, 0) is 4.74 Å². The molecule has 1 aliphatic carbocycles. The Hall–Kier alpha value is -0.380. The molecule has 2 fully saturated rings. The first-order chi connectivity index (χ1) is 11.8. The van der Waals surface area contributed by atoms with Gasteiger partial charge in [-0.05, 0) is 32.1 Å². The molecule has 0 radical (unpaired) electrons. The van der Waals surface area contributed by atoms with E-state index in [0.717, 1.165) is 51.2 Å². The summed E-state index contributed by atoms with van der Waals surface area (Å²) in [5.41, 5.74) is 0. The highest BCUT2D eigenvalue weighted by molar-refractivity contribution is 14.0. The molecule has 3 aliphatic rings. The summed E-state index contributed by atoms with van der Waals surface area (Å²) in [6, 6.07) is 0.607. The molecule has 25 heavy (non-hydrogen) atoms. The minimum absolute atomic E-state index is 0. The minimum Gasteiger partial charge on any atom is -0.389 e. The van der Waals surface area contributed by atoms with Gasteiger partial charge in [0.1, 0.15) is 0 Å². The maximum atomic E-state index is 10.1. The number of halogens is 1. The molecular weight excluding hydrogens is 431 g/mol. The van der Waals surface area contributed by atoms with Crippen molar-refractivity contribution < 1.29 is 9.84 Å². The third kappa shape index (κ3) is 6.69. The third-order valence-corrected chi connectivity index (χ3v) is 4.97. The van der Waals surface area contributed by atoms with Gasteiger partial charge < -0.3 is 20.1 Å². The van der Waals surface area contributed by atoms with Crippen LogP contribution < -0.4 is 5.32 Å². The van der Waals surface area contributed by atoms with Crippen molar-refractivity contribution in [3.8, 4) is 0 Å². The molecule has 6 nitrogen and oxygen atoms in total. The van der Waals surface area contributed by atoms with Crippen LogP contribution in [0.3, 0.4) is 0 Å². The van der Waals surface area contributed by atoms with Crippen molar-refractivity contribution in [1.82, 2.24) is 15.1 Å². The molecule has 0 bridgehead atoms. The summed E-state index contributed by atoms with van der Waals surface area (Å²) in [5, 5.41) is 13.4. The predicted octanol–water partition coefficient (Wildman–Crippen LogP) is 1.30. The van der Waals surface area contributed by atoms with E-state index < -0.39 is 6.10 Å². The minimum atomic E-state index is -0.515. The summed E-state index contributed by atoms with van der Waals surface area (Å²) in [6.07, 6.45) is 7.72. The smallest absolute Gasteiger partial charge is 0.194 e. The second kappa shape index (κ2) is 10.7. The molecule has 7 heteroatoms. The number of rotatable bonds is 8. The molecule has 1 saturated carbocycles. The molecule has 0 aromatic heterocycles. The number of aliphatic hydroxyl groups excluding tert-OH is 1. The van der Waals surface area contributed by atoms with E-state index in [1.54, 1.807) is 0 Å². The average molecular weight is 464 g/mol. The van der Waals surface area contributed by atoms with Gasteiger partial charge in [0.15, 0.2) is 5.96 Å². The highest BCUT2D eigenvalue weighted by atomic mass is 127. The van der Waals surface area contributed by atoms with Crippen molar-refractivity contribution in [2.24, 2.45) is 10.9 Å². The van der Waals surface area contributed by atoms with Crippen molar-refractivity contribution in [2.75, 3.05) is 52.5 Å². The largest absolute Gasteiger partial charge is 0.389 e. The fourth-order valence-corrected chi connectivity index (χ4v) is 3.35. The molecule has 144 valence electrons. The monoisotopic (exact) mass is 464 g/mol. The van der Waals surface area contributed by atoms with Gasteiger partial charge in [-0.1, -0.05) is 12.2 Å². The van der Waals surface area contributed by atoms with Crippen LogP contribution in [0.4, 0.5) is 0 Å². The quantitative estimate of drug-likeness (QED) is 0.246. The molecule has 0 spiro atoms. The number of guanidine groups is 1. The van der Waals surface area contributed by atoms with E-state index in [4.69, 9.17) is 4.74 Å². The maximum absolute atomic E-state index is 10.1. The van der Waals surface area contributed by atoms with Crippen LogP contribution in [-0.4, -0.2) is 85.5 Å². The van der Waals surface area contributed by atoms with Crippen molar-refractivity contribution in [1.29, 1.82) is 0 Å². The fraction of sp³-hybridized carbons (Fsp3) is 0.833. The van der Waals surface area contributed by atoms with Gasteiger partial charge in [0.2, 0.25) is 0 Å². The normalized spacial score (nSPS) is 25.3. The van der Waals surface area contributed by atoms with Gasteiger partial charge in [0.05, 0.1) is 19.3 Å². The Labute approximate surface area is 168 Å². The lowest BCUT2D eigenvalue weighted by Gasteiger charge is -2.25. The summed E-state index contributed by atoms with van der Waals surface area (Å²) in [6.45, 7) is 8.71. The summed E-state index contributed by atoms with van der Waals surface area (Å²) < 4.78 is 5.55. The zero-order valence-corrected chi connectivity index (χ0v) is 17.6. The van der Waals surface area contributed by atoms with Crippen LogP contribution in [0.5, 0.6) is 0 Å². The number of nitrogens with zero attached hydrogens (tertiary/aromatic N) is 3. The van der Waals surface area contributed by atoms with Crippen molar-refractivity contribution in [3.05, 3.63) is 12.2 Å². The lowest BCUT2D eigenvalue weighted by atomic mass is 10.2. The molecule has 2 atom stereocenters. The number of aliphatic hydroxyl groups is 1. The molecule has 1 saturated heterocycles. The number of aliphatic imine (C=N–C) groups is 1. The van der Waals surface area contributed by atoms with E-state index >= 15 is 0 Å². The van der Waals surface area contributed by atoms with Gasteiger partial charge in [0.25, 0.3) is 0 Å². The van der Waals surface area contributed by atoms with Crippen LogP contribution in [0.25, 0.3) is 0 Å². The highest BCUT2D eigenvalue weighted by Crippen LogP contribution is 2.28. The van der Waals surface area contributed by atoms with Crippen molar-refractivity contribution in [2.45, 2.75) is 38.3 Å². The summed E-state index contributed by atoms with van der Waals surface area (Å²) in [5.74, 6) is 1.66. The van der Waals surface area contributed by atoms with Crippen molar-refractivity contribution in [3.63, 3.8) is 0 Å². The van der Waals surface area contributed by atoms with Gasteiger partial charge in [0, 0.05) is 45.4 Å². The van der Waals surface area contributed by atoms with Gasteiger partial charge in [-0.2, -0.15) is 0 Å². The molecule has 2 N–H and O–H groups in total. The van der Waals surface area contributed by atoms with Gasteiger partial charge in [-0.25, -0.2) is 0 Å². The standard InChI is InChI=1S/C18H32N4O2.HI/c1-2-19-18(20-11-17(23)14-24-13-15-5-6-15)22-10-7-16(12-22)21-8-3-4-9-21;/h3-4,15-17,23H,2,5-14H2,1H3,(H,19,20);1H. The Morgan fingerprint density at radius 1 is 1.32 bits per heavy atom. The van der Waals surface area contributed by atoms with Crippen LogP contribution in [0.1, 0.15) is 26.2 Å². The number of hydrogen-bond donors (Lipinski definition) is 2. The molecule has 0 aromatic rings. The summed E-state index contributed by atoms with van der Waals surface area (Å²) >= 11 is 0. The van der Waals surface area contributed by atoms with E-state index in [-0.39, 0.29) is 24.0 Å². The van der Waals surface area contributed by atoms with Crippen LogP contribution in [0.2, 0.25) is 0 Å². The Bertz CT molecular complexity index is 448. The van der Waals surface area contributed by atoms with E-state index in [2.05, 4.69) is 39.2 Å². The number of hydrogen-bond acceptors (Lipinski definition) is 4. The molecule has 2 unspecified atom stereocenters. The number of nitrogens with one attached hydrogen (secondary N) is 1. The first kappa shape index (κ1) is 20.9. The molecule has 0 aromatic carbocycles. The molecule has 0 amide bonds. The van der Waals surface area contributed by atoms with Gasteiger partial charge >= 0.3 is 0 Å². The summed E-state index contributed by atoms with van der Waals surface area (Å²) in [4.78, 5) is 9.48. The van der Waals surface area contributed by atoms with E-state index in [9.17, 15) is 5.11 Å². The van der Waals surface area contributed by atoms with Crippen LogP contribution >= 0.6 is 24.0 Å².